The predicted molar refractivity (Wildman–Crippen MR) is 125 cm³/mol. The second-order valence-corrected chi connectivity index (χ2v) is 7.83. The Morgan fingerprint density at radius 1 is 0.892 bits per heavy atom. The first-order valence-electron chi connectivity index (χ1n) is 10.9. The van der Waals surface area contributed by atoms with Crippen LogP contribution in [-0.2, 0) is 28.8 Å². The zero-order chi connectivity index (χ0) is 28.7. The molecule has 0 heterocycles. The fourth-order valence-corrected chi connectivity index (χ4v) is 2.66. The lowest BCUT2D eigenvalue weighted by Crippen LogP contribution is -2.56. The largest absolute Gasteiger partial charge is 0.481 e. The van der Waals surface area contributed by atoms with E-state index in [1.165, 1.54) is 6.92 Å². The summed E-state index contributed by atoms with van der Waals surface area (Å²) in [6.07, 6.45) is -1.90. The van der Waals surface area contributed by atoms with E-state index in [2.05, 4.69) is 16.0 Å². The maximum atomic E-state index is 12.6. The van der Waals surface area contributed by atoms with Gasteiger partial charge in [-0.15, -0.1) is 0 Å². The Morgan fingerprint density at radius 2 is 1.49 bits per heavy atom. The van der Waals surface area contributed by atoms with Crippen molar-refractivity contribution in [2.45, 2.75) is 56.5 Å². The highest BCUT2D eigenvalue weighted by Gasteiger charge is 2.29. The predicted octanol–water partition coefficient (Wildman–Crippen LogP) is -5.92. The van der Waals surface area contributed by atoms with E-state index >= 15 is 0 Å². The number of carboxylic acid groups (broad SMARTS) is 2. The summed E-state index contributed by atoms with van der Waals surface area (Å²) >= 11 is 0. The number of carbonyl (C=O) groups is 6. The Balaban J connectivity index is 5.22. The van der Waals surface area contributed by atoms with Gasteiger partial charge in [-0.1, -0.05) is 0 Å². The van der Waals surface area contributed by atoms with Crippen molar-refractivity contribution in [2.75, 3.05) is 19.7 Å². The van der Waals surface area contributed by atoms with Gasteiger partial charge in [-0.2, -0.15) is 0 Å². The van der Waals surface area contributed by atoms with Crippen molar-refractivity contribution in [1.82, 2.24) is 26.6 Å². The standard InChI is InChI=1S/C19H34N8O10/c1-8(29)14(20)17(35)26-9(3-2-4-23-19(21)22)15(33)24-6-12(30)25-10(5-13(31)32)16(34)27-11(7-28)18(36)37/h8-11,14,28-29H,2-7,20H2,1H3,(H,24,33)(H,25,30)(H,26,35)(H,27,34)(H,31,32)(H,36,37)(H4,21,22,23)/t8-,9+,10+,11+,14+/m1/s1. The summed E-state index contributed by atoms with van der Waals surface area (Å²) < 4.78 is 0. The van der Waals surface area contributed by atoms with E-state index in [-0.39, 0.29) is 25.3 Å². The molecule has 0 aliphatic heterocycles. The summed E-state index contributed by atoms with van der Waals surface area (Å²) in [5, 5.41) is 54.4. The van der Waals surface area contributed by atoms with E-state index in [4.69, 9.17) is 32.2 Å². The number of carbonyl (C=O) groups excluding carboxylic acids is 4. The number of aliphatic hydroxyl groups excluding tert-OH is 2. The van der Waals surface area contributed by atoms with Gasteiger partial charge in [0, 0.05) is 6.54 Å². The van der Waals surface area contributed by atoms with Gasteiger partial charge >= 0.3 is 11.9 Å². The molecule has 37 heavy (non-hydrogen) atoms. The summed E-state index contributed by atoms with van der Waals surface area (Å²) in [5.41, 5.74) is 10.7. The Morgan fingerprint density at radius 3 is 1.97 bits per heavy atom. The van der Waals surface area contributed by atoms with Gasteiger partial charge in [0.15, 0.2) is 5.96 Å². The first-order valence-corrected chi connectivity index (χ1v) is 10.9. The molecule has 0 rings (SSSR count). The van der Waals surface area contributed by atoms with Crippen LogP contribution in [0.4, 0.5) is 0 Å². The molecular weight excluding hydrogens is 500 g/mol. The van der Waals surface area contributed by atoms with Crippen LogP contribution in [-0.4, -0.2) is 112 Å². The van der Waals surface area contributed by atoms with Crippen LogP contribution in [0.5, 0.6) is 0 Å². The molecule has 0 spiro atoms. The average molecular weight is 535 g/mol. The maximum absolute atomic E-state index is 12.6. The second kappa shape index (κ2) is 16.6. The topological polar surface area (TPSA) is 319 Å². The maximum Gasteiger partial charge on any atom is 0.328 e. The number of aliphatic hydroxyl groups is 2. The monoisotopic (exact) mass is 534 g/mol. The zero-order valence-corrected chi connectivity index (χ0v) is 20.0. The number of hydrogen-bond acceptors (Lipinski definition) is 10. The van der Waals surface area contributed by atoms with Crippen LogP contribution < -0.4 is 38.1 Å². The number of nitrogens with two attached hydrogens (primary N) is 2. The fraction of sp³-hybridized carbons (Fsp3) is 0.632. The molecule has 0 fully saturated rings. The molecule has 0 saturated heterocycles. The summed E-state index contributed by atoms with van der Waals surface area (Å²) in [5.74, 6) is -7.33. The van der Waals surface area contributed by atoms with Gasteiger partial charge in [0.1, 0.15) is 24.2 Å². The third-order valence-electron chi connectivity index (χ3n) is 4.69. The molecule has 0 bridgehead atoms. The Labute approximate surface area is 211 Å². The molecule has 18 nitrogen and oxygen atoms in total. The van der Waals surface area contributed by atoms with Gasteiger partial charge in [0.05, 0.1) is 25.7 Å². The third kappa shape index (κ3) is 13.6. The normalized spacial score (nSPS) is 14.6. The Kier molecular flexibility index (Phi) is 14.8. The average Bonchev–Trinajstić information content (AvgIpc) is 2.80. The van der Waals surface area contributed by atoms with Crippen LogP contribution in [0.3, 0.4) is 0 Å². The number of carboxylic acids is 2. The van der Waals surface area contributed by atoms with E-state index in [1.807, 2.05) is 10.6 Å². The van der Waals surface area contributed by atoms with Crippen LogP contribution in [0, 0.1) is 5.41 Å². The van der Waals surface area contributed by atoms with Crippen LogP contribution in [0.15, 0.2) is 0 Å². The molecule has 210 valence electrons. The lowest BCUT2D eigenvalue weighted by molar-refractivity contribution is -0.144. The van der Waals surface area contributed by atoms with Crippen LogP contribution in [0.1, 0.15) is 26.2 Å². The molecule has 18 heteroatoms. The smallest absolute Gasteiger partial charge is 0.328 e. The molecule has 0 radical (unpaired) electrons. The molecule has 4 amide bonds. The van der Waals surface area contributed by atoms with E-state index in [1.54, 1.807) is 0 Å². The number of nitrogens with one attached hydrogen (secondary N) is 6. The van der Waals surface area contributed by atoms with E-state index < -0.39 is 85.4 Å². The Bertz CT molecular complexity index is 853. The van der Waals surface area contributed by atoms with Gasteiger partial charge in [-0.25, -0.2) is 4.79 Å². The van der Waals surface area contributed by atoms with Crippen LogP contribution in [0.25, 0.3) is 0 Å². The van der Waals surface area contributed by atoms with Crippen LogP contribution in [0.2, 0.25) is 0 Å². The Hall–Kier alpha value is -4.03. The summed E-state index contributed by atoms with van der Waals surface area (Å²) in [6, 6.07) is -6.04. The molecular formula is C19H34N8O10. The van der Waals surface area contributed by atoms with Gasteiger partial charge in [0.25, 0.3) is 0 Å². The minimum atomic E-state index is -1.74. The quantitative estimate of drug-likeness (QED) is 0.0470. The number of hydrogen-bond donors (Lipinski definition) is 12. The van der Waals surface area contributed by atoms with Crippen molar-refractivity contribution in [3.63, 3.8) is 0 Å². The fourth-order valence-electron chi connectivity index (χ4n) is 2.66. The summed E-state index contributed by atoms with van der Waals surface area (Å²) in [7, 11) is 0. The van der Waals surface area contributed by atoms with Crippen molar-refractivity contribution in [3.8, 4) is 0 Å². The highest BCUT2D eigenvalue weighted by molar-refractivity contribution is 5.95. The van der Waals surface area contributed by atoms with E-state index in [0.29, 0.717) is 0 Å². The number of rotatable bonds is 17. The van der Waals surface area contributed by atoms with Crippen molar-refractivity contribution >= 4 is 41.5 Å². The van der Waals surface area contributed by atoms with Gasteiger partial charge in [-0.3, -0.25) is 29.4 Å². The third-order valence-corrected chi connectivity index (χ3v) is 4.69. The molecule has 0 aromatic heterocycles. The highest BCUT2D eigenvalue weighted by atomic mass is 16.4. The highest BCUT2D eigenvalue weighted by Crippen LogP contribution is 2.00. The minimum absolute atomic E-state index is 0.00772. The lowest BCUT2D eigenvalue weighted by Gasteiger charge is -2.22. The number of guanidine groups is 1. The summed E-state index contributed by atoms with van der Waals surface area (Å²) in [4.78, 5) is 71.3. The van der Waals surface area contributed by atoms with Crippen molar-refractivity contribution in [3.05, 3.63) is 0 Å². The van der Waals surface area contributed by atoms with Gasteiger partial charge in [0.2, 0.25) is 23.6 Å². The molecule has 0 unspecified atom stereocenters. The minimum Gasteiger partial charge on any atom is -0.481 e. The van der Waals surface area contributed by atoms with E-state index in [9.17, 15) is 33.9 Å². The summed E-state index contributed by atoms with van der Waals surface area (Å²) in [6.45, 7) is -0.303. The molecule has 0 aliphatic carbocycles. The van der Waals surface area contributed by atoms with Crippen molar-refractivity contribution in [2.24, 2.45) is 11.5 Å². The lowest BCUT2D eigenvalue weighted by atomic mass is 10.1. The van der Waals surface area contributed by atoms with Gasteiger partial charge in [-0.05, 0) is 19.8 Å². The SMILES string of the molecule is C[C@@H](O)[C@H](N)C(=O)N[C@@H](CCCNC(=N)N)C(=O)NCC(=O)N[C@@H](CC(=O)O)C(=O)N[C@@H](CO)C(=O)O. The molecule has 0 aromatic rings. The second-order valence-electron chi connectivity index (χ2n) is 7.83. The zero-order valence-electron chi connectivity index (χ0n) is 20.0. The number of aliphatic carboxylic acids is 2. The molecule has 14 N–H and O–H groups in total. The molecule has 0 saturated carbocycles. The first-order chi connectivity index (χ1) is 17.2. The van der Waals surface area contributed by atoms with Crippen LogP contribution >= 0.6 is 0 Å². The molecule has 5 atom stereocenters. The van der Waals surface area contributed by atoms with E-state index in [0.717, 1.165) is 0 Å². The number of amides is 4. The molecule has 0 aromatic carbocycles. The van der Waals surface area contributed by atoms with Crippen molar-refractivity contribution in [1.29, 1.82) is 5.41 Å². The molecule has 0 aliphatic rings. The van der Waals surface area contributed by atoms with Crippen molar-refractivity contribution < 1.29 is 49.2 Å². The van der Waals surface area contributed by atoms with Gasteiger partial charge < -0.3 is 58.5 Å². The first kappa shape index (κ1) is 33.0.